The third kappa shape index (κ3) is 3.93. The molecule has 1 aliphatic heterocycles. The highest BCUT2D eigenvalue weighted by molar-refractivity contribution is 7.92. The summed E-state index contributed by atoms with van der Waals surface area (Å²) in [5.41, 5.74) is 0.874. The Bertz CT molecular complexity index is 628. The monoisotopic (exact) mass is 312 g/mol. The minimum atomic E-state index is -3.01. The Morgan fingerprint density at radius 2 is 2.24 bits per heavy atom. The normalized spacial score (nSPS) is 20.3. The van der Waals surface area contributed by atoms with Crippen LogP contribution < -0.4 is 5.32 Å². The number of pyridine rings is 1. The van der Waals surface area contributed by atoms with Gasteiger partial charge in [0.15, 0.2) is 9.84 Å². The summed E-state index contributed by atoms with van der Waals surface area (Å²) in [6.07, 6.45) is 2.90. The molecule has 1 fully saturated rings. The van der Waals surface area contributed by atoms with E-state index in [-0.39, 0.29) is 17.9 Å². The lowest BCUT2D eigenvalue weighted by atomic mass is 10.1. The first-order chi connectivity index (χ1) is 9.92. The predicted octanol–water partition coefficient (Wildman–Crippen LogP) is 1.72. The van der Waals surface area contributed by atoms with Crippen LogP contribution in [-0.4, -0.2) is 42.0 Å². The summed E-state index contributed by atoms with van der Waals surface area (Å²) in [5.74, 6) is -0.338. The van der Waals surface area contributed by atoms with Gasteiger partial charge in [0.25, 0.3) is 0 Å². The molecule has 0 saturated carbocycles. The fraction of sp³-hybridized carbons (Fsp3) is 0.571. The molecule has 2 N–H and O–H groups in total. The maximum absolute atomic E-state index is 11.8. The molecule has 6 nitrogen and oxygen atoms in total. The van der Waals surface area contributed by atoms with Crippen molar-refractivity contribution in [3.63, 3.8) is 0 Å². The van der Waals surface area contributed by atoms with E-state index in [4.69, 9.17) is 5.11 Å². The first-order valence-electron chi connectivity index (χ1n) is 7.12. The molecule has 0 amide bonds. The van der Waals surface area contributed by atoms with E-state index >= 15 is 0 Å². The summed E-state index contributed by atoms with van der Waals surface area (Å²) in [6.45, 7) is 2.28. The zero-order valence-corrected chi connectivity index (χ0v) is 12.8. The number of carbonyl (C=O) groups is 1. The summed E-state index contributed by atoms with van der Waals surface area (Å²) in [4.78, 5) is 15.5. The van der Waals surface area contributed by atoms with Crippen molar-refractivity contribution >= 4 is 21.6 Å². The Kier molecular flexibility index (Phi) is 4.82. The minimum absolute atomic E-state index is 0.172. The van der Waals surface area contributed by atoms with Gasteiger partial charge in [0, 0.05) is 12.2 Å². The smallest absolute Gasteiger partial charge is 0.335 e. The number of nitrogens with zero attached hydrogens (tertiary/aromatic N) is 1. The number of aromatic nitrogens is 1. The van der Waals surface area contributed by atoms with E-state index in [1.54, 1.807) is 6.07 Å². The number of hydrogen-bond acceptors (Lipinski definition) is 5. The molecule has 2 rings (SSSR count). The van der Waals surface area contributed by atoms with Crippen molar-refractivity contribution in [1.82, 2.24) is 4.98 Å². The molecule has 0 bridgehead atoms. The van der Waals surface area contributed by atoms with Crippen molar-refractivity contribution in [3.8, 4) is 0 Å². The second-order valence-corrected chi connectivity index (χ2v) is 7.70. The molecule has 116 valence electrons. The zero-order chi connectivity index (χ0) is 15.5. The molecule has 1 aliphatic rings. The first kappa shape index (κ1) is 15.8. The van der Waals surface area contributed by atoms with Gasteiger partial charge in [0.05, 0.1) is 16.6 Å². The SMILES string of the molecule is CCCc1cc(C(=O)O)cc(NCC2CCCS2(=O)=O)n1. The van der Waals surface area contributed by atoms with Crippen LogP contribution in [0, 0.1) is 0 Å². The highest BCUT2D eigenvalue weighted by Crippen LogP contribution is 2.21. The second kappa shape index (κ2) is 6.43. The van der Waals surface area contributed by atoms with Crippen LogP contribution in [0.2, 0.25) is 0 Å². The van der Waals surface area contributed by atoms with Crippen LogP contribution in [-0.2, 0) is 16.3 Å². The van der Waals surface area contributed by atoms with Gasteiger partial charge in [-0.25, -0.2) is 18.2 Å². The van der Waals surface area contributed by atoms with E-state index in [9.17, 15) is 13.2 Å². The fourth-order valence-corrected chi connectivity index (χ4v) is 4.26. The molecule has 1 saturated heterocycles. The lowest BCUT2D eigenvalue weighted by Crippen LogP contribution is -2.25. The number of carboxylic acid groups (broad SMARTS) is 1. The van der Waals surface area contributed by atoms with Gasteiger partial charge in [-0.2, -0.15) is 0 Å². The highest BCUT2D eigenvalue weighted by atomic mass is 32.2. The average Bonchev–Trinajstić information content (AvgIpc) is 2.75. The maximum Gasteiger partial charge on any atom is 0.335 e. The number of rotatable bonds is 6. The van der Waals surface area contributed by atoms with Gasteiger partial charge in [-0.15, -0.1) is 0 Å². The van der Waals surface area contributed by atoms with E-state index in [0.29, 0.717) is 30.8 Å². The largest absolute Gasteiger partial charge is 0.478 e. The Balaban J connectivity index is 2.13. The number of nitrogens with one attached hydrogen (secondary N) is 1. The summed E-state index contributed by atoms with van der Waals surface area (Å²) >= 11 is 0. The fourth-order valence-electron chi connectivity index (χ4n) is 2.49. The molecule has 7 heteroatoms. The number of sulfone groups is 1. The van der Waals surface area contributed by atoms with Gasteiger partial charge in [-0.05, 0) is 31.4 Å². The number of hydrogen-bond donors (Lipinski definition) is 2. The van der Waals surface area contributed by atoms with Crippen LogP contribution in [0.1, 0.15) is 42.2 Å². The van der Waals surface area contributed by atoms with Gasteiger partial charge in [-0.3, -0.25) is 0 Å². The maximum atomic E-state index is 11.8. The number of aryl methyl sites for hydroxylation is 1. The number of aromatic carboxylic acids is 1. The van der Waals surface area contributed by atoms with Crippen molar-refractivity contribution in [1.29, 1.82) is 0 Å². The molecular formula is C14H20N2O4S. The van der Waals surface area contributed by atoms with Crippen LogP contribution in [0.3, 0.4) is 0 Å². The predicted molar refractivity (Wildman–Crippen MR) is 80.5 cm³/mol. The molecule has 1 aromatic rings. The molecule has 0 aromatic carbocycles. The van der Waals surface area contributed by atoms with E-state index in [1.165, 1.54) is 6.07 Å². The summed E-state index contributed by atoms with van der Waals surface area (Å²) in [6, 6.07) is 3.01. The van der Waals surface area contributed by atoms with Gasteiger partial charge in [-0.1, -0.05) is 13.3 Å². The van der Waals surface area contributed by atoms with Crippen molar-refractivity contribution in [2.75, 3.05) is 17.6 Å². The summed E-state index contributed by atoms with van der Waals surface area (Å²) < 4.78 is 23.5. The lowest BCUT2D eigenvalue weighted by molar-refractivity contribution is 0.0696. The van der Waals surface area contributed by atoms with E-state index in [1.807, 2.05) is 6.92 Å². The summed E-state index contributed by atoms with van der Waals surface area (Å²) in [7, 11) is -3.01. The van der Waals surface area contributed by atoms with Gasteiger partial charge in [0.1, 0.15) is 5.82 Å². The molecule has 0 radical (unpaired) electrons. The molecular weight excluding hydrogens is 292 g/mol. The Morgan fingerprint density at radius 1 is 1.48 bits per heavy atom. The van der Waals surface area contributed by atoms with E-state index in [2.05, 4.69) is 10.3 Å². The lowest BCUT2D eigenvalue weighted by Gasteiger charge is -2.12. The standard InChI is InChI=1S/C14H20N2O4S/c1-2-4-11-7-10(14(17)18)8-13(16-11)15-9-12-5-3-6-21(12,19)20/h7-8,12H,2-6,9H2,1H3,(H,15,16)(H,17,18). The molecule has 2 heterocycles. The topological polar surface area (TPSA) is 96.4 Å². The summed E-state index contributed by atoms with van der Waals surface area (Å²) in [5, 5.41) is 11.7. The molecule has 1 unspecified atom stereocenters. The number of carboxylic acids is 1. The third-order valence-corrected chi connectivity index (χ3v) is 5.88. The van der Waals surface area contributed by atoms with Crippen LogP contribution in [0.25, 0.3) is 0 Å². The van der Waals surface area contributed by atoms with E-state index in [0.717, 1.165) is 6.42 Å². The molecule has 1 atom stereocenters. The van der Waals surface area contributed by atoms with Crippen molar-refractivity contribution in [3.05, 3.63) is 23.4 Å². The van der Waals surface area contributed by atoms with Gasteiger partial charge < -0.3 is 10.4 Å². The molecule has 0 aliphatic carbocycles. The Labute approximate surface area is 124 Å². The third-order valence-electron chi connectivity index (χ3n) is 3.61. The van der Waals surface area contributed by atoms with Crippen LogP contribution in [0.5, 0.6) is 0 Å². The molecule has 21 heavy (non-hydrogen) atoms. The van der Waals surface area contributed by atoms with Crippen LogP contribution in [0.15, 0.2) is 12.1 Å². The van der Waals surface area contributed by atoms with Gasteiger partial charge in [0.2, 0.25) is 0 Å². The van der Waals surface area contributed by atoms with Crippen molar-refractivity contribution in [2.24, 2.45) is 0 Å². The Hall–Kier alpha value is -1.63. The first-order valence-corrected chi connectivity index (χ1v) is 8.83. The minimum Gasteiger partial charge on any atom is -0.478 e. The highest BCUT2D eigenvalue weighted by Gasteiger charge is 2.30. The molecule has 0 spiro atoms. The van der Waals surface area contributed by atoms with Gasteiger partial charge >= 0.3 is 5.97 Å². The second-order valence-electron chi connectivity index (χ2n) is 5.30. The number of anilines is 1. The quantitative estimate of drug-likeness (QED) is 0.830. The Morgan fingerprint density at radius 3 is 2.81 bits per heavy atom. The van der Waals surface area contributed by atoms with Crippen molar-refractivity contribution < 1.29 is 18.3 Å². The van der Waals surface area contributed by atoms with Crippen LogP contribution in [0.4, 0.5) is 5.82 Å². The average molecular weight is 312 g/mol. The van der Waals surface area contributed by atoms with E-state index < -0.39 is 21.1 Å². The zero-order valence-electron chi connectivity index (χ0n) is 12.0. The molecule has 1 aromatic heterocycles. The van der Waals surface area contributed by atoms with Crippen LogP contribution >= 0.6 is 0 Å². The van der Waals surface area contributed by atoms with Crippen molar-refractivity contribution in [2.45, 2.75) is 37.9 Å².